The van der Waals surface area contributed by atoms with Gasteiger partial charge in [-0.25, -0.2) is 4.98 Å². The van der Waals surface area contributed by atoms with Crippen LogP contribution in [0.25, 0.3) is 11.0 Å². The van der Waals surface area contributed by atoms with Crippen LogP contribution in [0.2, 0.25) is 0 Å². The van der Waals surface area contributed by atoms with Crippen LogP contribution in [-0.2, 0) is 22.3 Å². The first-order valence-electron chi connectivity index (χ1n) is 10.6. The van der Waals surface area contributed by atoms with Crippen LogP contribution in [0.15, 0.2) is 24.3 Å². The Bertz CT molecular complexity index is 1010. The maximum atomic E-state index is 13.6. The van der Waals surface area contributed by atoms with E-state index in [0.717, 1.165) is 11.0 Å². The molecule has 1 saturated carbocycles. The molecule has 1 aliphatic carbocycles. The van der Waals surface area contributed by atoms with E-state index in [1.807, 2.05) is 4.90 Å². The number of rotatable bonds is 4. The summed E-state index contributed by atoms with van der Waals surface area (Å²) in [4.78, 5) is 31.7. The second-order valence-electron chi connectivity index (χ2n) is 8.39. The summed E-state index contributed by atoms with van der Waals surface area (Å²) in [6.07, 6.45) is -3.63. The monoisotopic (exact) mass is 453 g/mol. The number of nitrogens with zero attached hydrogens (tertiary/aromatic N) is 4. The van der Waals surface area contributed by atoms with Gasteiger partial charge in [-0.15, -0.1) is 0 Å². The Hall–Kier alpha value is -2.66. The van der Waals surface area contributed by atoms with Crippen molar-refractivity contribution in [2.45, 2.75) is 50.2 Å². The number of aliphatic hydroxyl groups excluding tert-OH is 1. The van der Waals surface area contributed by atoms with Crippen LogP contribution in [0.4, 0.5) is 13.2 Å². The van der Waals surface area contributed by atoms with E-state index in [0.29, 0.717) is 25.9 Å². The molecule has 4 rings (SSSR count). The van der Waals surface area contributed by atoms with Crippen molar-refractivity contribution in [3.8, 4) is 0 Å². The minimum Gasteiger partial charge on any atom is -0.389 e. The number of piperazine rings is 1. The molecule has 1 aromatic carbocycles. The third-order valence-corrected chi connectivity index (χ3v) is 6.42. The minimum absolute atomic E-state index is 0.110. The summed E-state index contributed by atoms with van der Waals surface area (Å²) < 4.78 is 41.6. The molecule has 2 aromatic rings. The Kier molecular flexibility index (Phi) is 6.13. The molecule has 11 heteroatoms. The van der Waals surface area contributed by atoms with E-state index in [9.17, 15) is 27.9 Å². The molecular weight excluding hydrogens is 427 g/mol. The van der Waals surface area contributed by atoms with Crippen molar-refractivity contribution < 1.29 is 27.9 Å². The van der Waals surface area contributed by atoms with Gasteiger partial charge in [0.1, 0.15) is 6.54 Å². The molecule has 2 heterocycles. The molecule has 8 nitrogen and oxygen atoms in total. The van der Waals surface area contributed by atoms with Gasteiger partial charge in [-0.05, 0) is 31.4 Å². The van der Waals surface area contributed by atoms with Gasteiger partial charge in [0.15, 0.2) is 0 Å². The molecule has 2 amide bonds. The lowest BCUT2D eigenvalue weighted by Crippen LogP contribution is -2.61. The maximum Gasteiger partial charge on any atom is 0.449 e. The highest BCUT2D eigenvalue weighted by Gasteiger charge is 2.41. The SMILES string of the molecule is CN(C(=O)Cn1c(C(F)(F)F)nc2ccccc21)[C@@H]1CCC[C@@H](N2CCNC(=O)C2)[C@@H]1O. The lowest BCUT2D eigenvalue weighted by atomic mass is 9.86. The van der Waals surface area contributed by atoms with Gasteiger partial charge in [-0.1, -0.05) is 12.1 Å². The first-order valence-corrected chi connectivity index (χ1v) is 10.6. The van der Waals surface area contributed by atoms with Gasteiger partial charge in [-0.2, -0.15) is 13.2 Å². The zero-order valence-corrected chi connectivity index (χ0v) is 17.7. The average Bonchev–Trinajstić information content (AvgIpc) is 3.12. The molecule has 0 unspecified atom stereocenters. The highest BCUT2D eigenvalue weighted by atomic mass is 19.4. The summed E-state index contributed by atoms with van der Waals surface area (Å²) >= 11 is 0. The second-order valence-corrected chi connectivity index (χ2v) is 8.39. The number of carbonyl (C=O) groups is 2. The van der Waals surface area contributed by atoms with E-state index < -0.39 is 36.6 Å². The summed E-state index contributed by atoms with van der Waals surface area (Å²) in [7, 11) is 1.51. The number of aliphatic hydroxyl groups is 1. The predicted octanol–water partition coefficient (Wildman–Crippen LogP) is 1.23. The Labute approximate surface area is 183 Å². The number of imidazole rings is 1. The molecule has 2 fully saturated rings. The number of hydrogen-bond donors (Lipinski definition) is 2. The van der Waals surface area contributed by atoms with Gasteiger partial charge in [0.05, 0.1) is 29.7 Å². The zero-order valence-electron chi connectivity index (χ0n) is 17.7. The van der Waals surface area contributed by atoms with Crippen LogP contribution in [0.5, 0.6) is 0 Å². The van der Waals surface area contributed by atoms with E-state index in [-0.39, 0.29) is 29.5 Å². The maximum absolute atomic E-state index is 13.6. The zero-order chi connectivity index (χ0) is 23.0. The number of aromatic nitrogens is 2. The molecule has 3 atom stereocenters. The summed E-state index contributed by atoms with van der Waals surface area (Å²) in [6, 6.07) is 5.33. The number of fused-ring (bicyclic) bond motifs is 1. The fourth-order valence-corrected chi connectivity index (χ4v) is 4.78. The fraction of sp³-hybridized carbons (Fsp3) is 0.571. The summed E-state index contributed by atoms with van der Waals surface area (Å²) in [5.41, 5.74) is 0.388. The van der Waals surface area contributed by atoms with Crippen molar-refractivity contribution >= 4 is 22.8 Å². The Morgan fingerprint density at radius 3 is 2.78 bits per heavy atom. The number of alkyl halides is 3. The number of carbonyl (C=O) groups excluding carboxylic acids is 2. The third-order valence-electron chi connectivity index (χ3n) is 6.42. The number of halogens is 3. The van der Waals surface area contributed by atoms with Crippen LogP contribution in [0, 0.1) is 0 Å². The van der Waals surface area contributed by atoms with E-state index >= 15 is 0 Å². The quantitative estimate of drug-likeness (QED) is 0.727. The number of benzene rings is 1. The largest absolute Gasteiger partial charge is 0.449 e. The van der Waals surface area contributed by atoms with Crippen molar-refractivity contribution in [2.24, 2.45) is 0 Å². The van der Waals surface area contributed by atoms with Gasteiger partial charge in [-0.3, -0.25) is 14.5 Å². The predicted molar refractivity (Wildman–Crippen MR) is 110 cm³/mol. The van der Waals surface area contributed by atoms with Crippen LogP contribution >= 0.6 is 0 Å². The minimum atomic E-state index is -4.71. The number of hydrogen-bond acceptors (Lipinski definition) is 5. The molecule has 1 aliphatic heterocycles. The van der Waals surface area contributed by atoms with Gasteiger partial charge >= 0.3 is 6.18 Å². The van der Waals surface area contributed by atoms with Crippen LogP contribution in [0.1, 0.15) is 25.1 Å². The summed E-state index contributed by atoms with van der Waals surface area (Å²) in [5.74, 6) is -1.77. The fourth-order valence-electron chi connectivity index (χ4n) is 4.78. The van der Waals surface area contributed by atoms with Crippen molar-refractivity contribution in [1.82, 2.24) is 24.7 Å². The Morgan fingerprint density at radius 1 is 1.31 bits per heavy atom. The molecule has 32 heavy (non-hydrogen) atoms. The van der Waals surface area contributed by atoms with E-state index in [1.165, 1.54) is 24.1 Å². The molecule has 0 radical (unpaired) electrons. The molecule has 0 spiro atoms. The smallest absolute Gasteiger partial charge is 0.389 e. The first-order chi connectivity index (χ1) is 15.2. The topological polar surface area (TPSA) is 90.7 Å². The van der Waals surface area contributed by atoms with Crippen molar-refractivity contribution in [3.05, 3.63) is 30.1 Å². The van der Waals surface area contributed by atoms with E-state index in [4.69, 9.17) is 0 Å². The van der Waals surface area contributed by atoms with E-state index in [1.54, 1.807) is 12.1 Å². The average molecular weight is 453 g/mol. The number of para-hydroxylation sites is 2. The van der Waals surface area contributed by atoms with Crippen LogP contribution < -0.4 is 5.32 Å². The van der Waals surface area contributed by atoms with E-state index in [2.05, 4.69) is 10.3 Å². The van der Waals surface area contributed by atoms with Crippen molar-refractivity contribution in [3.63, 3.8) is 0 Å². The van der Waals surface area contributed by atoms with Crippen LogP contribution in [0.3, 0.4) is 0 Å². The first kappa shape index (κ1) is 22.5. The number of amides is 2. The Balaban J connectivity index is 1.53. The van der Waals surface area contributed by atoms with Gasteiger partial charge < -0.3 is 19.9 Å². The third kappa shape index (κ3) is 4.31. The van der Waals surface area contributed by atoms with Crippen molar-refractivity contribution in [1.29, 1.82) is 0 Å². The molecule has 0 bridgehead atoms. The number of likely N-dealkylation sites (N-methyl/N-ethyl adjacent to an activating group) is 1. The summed E-state index contributed by atoms with van der Waals surface area (Å²) in [5, 5.41) is 13.7. The highest BCUT2D eigenvalue weighted by Crippen LogP contribution is 2.32. The lowest BCUT2D eigenvalue weighted by molar-refractivity contribution is -0.149. The standard InChI is InChI=1S/C21H26F3N5O3/c1-27(15-7-4-8-16(19(15)32)28-10-9-25-17(30)11-28)18(31)12-29-14-6-3-2-5-13(14)26-20(29)21(22,23)24/h2-3,5-6,15-16,19,32H,4,7-12H2,1H3,(H,25,30)/t15-,16-,19-/m1/s1. The van der Waals surface area contributed by atoms with Gasteiger partial charge in [0.25, 0.3) is 0 Å². The second kappa shape index (κ2) is 8.70. The molecular formula is C21H26F3N5O3. The summed E-state index contributed by atoms with van der Waals surface area (Å²) in [6.45, 7) is 0.747. The van der Waals surface area contributed by atoms with Gasteiger partial charge in [0.2, 0.25) is 17.6 Å². The molecule has 2 aliphatic rings. The molecule has 1 aromatic heterocycles. The lowest BCUT2D eigenvalue weighted by Gasteiger charge is -2.45. The van der Waals surface area contributed by atoms with Gasteiger partial charge in [0, 0.05) is 26.2 Å². The highest BCUT2D eigenvalue weighted by molar-refractivity contribution is 5.81. The molecule has 174 valence electrons. The molecule has 2 N–H and O–H groups in total. The molecule has 1 saturated heterocycles. The van der Waals surface area contributed by atoms with Crippen LogP contribution in [-0.4, -0.2) is 81.1 Å². The Morgan fingerprint density at radius 2 is 2.06 bits per heavy atom. The number of nitrogens with one attached hydrogen (secondary N) is 1. The normalized spacial score (nSPS) is 25.0. The van der Waals surface area contributed by atoms with Crippen molar-refractivity contribution in [2.75, 3.05) is 26.7 Å².